The Balaban J connectivity index is 1.53. The molecule has 32 heavy (non-hydrogen) atoms. The zero-order valence-corrected chi connectivity index (χ0v) is 18.1. The third-order valence-electron chi connectivity index (χ3n) is 4.56. The van der Waals surface area contributed by atoms with Gasteiger partial charge in [-0.3, -0.25) is 0 Å². The predicted molar refractivity (Wildman–Crippen MR) is 109 cm³/mol. The van der Waals surface area contributed by atoms with Crippen LogP contribution in [-0.4, -0.2) is 45.8 Å². The lowest BCUT2D eigenvalue weighted by Crippen LogP contribution is -2.44. The van der Waals surface area contributed by atoms with E-state index in [2.05, 4.69) is 9.97 Å². The van der Waals surface area contributed by atoms with Crippen LogP contribution in [0.3, 0.4) is 0 Å². The molecule has 0 atom stereocenters. The van der Waals surface area contributed by atoms with Gasteiger partial charge >= 0.3 is 6.09 Å². The molecular formula is C22H24F2N4O4. The molecule has 1 fully saturated rings. The van der Waals surface area contributed by atoms with Gasteiger partial charge in [0.1, 0.15) is 30.2 Å². The molecule has 8 nitrogen and oxygen atoms in total. The number of aromatic nitrogens is 2. The number of carbonyl (C=O) groups is 1. The van der Waals surface area contributed by atoms with Crippen molar-refractivity contribution < 1.29 is 27.8 Å². The van der Waals surface area contributed by atoms with Crippen LogP contribution in [-0.2, 0) is 11.3 Å². The number of benzene rings is 1. The van der Waals surface area contributed by atoms with Gasteiger partial charge in [-0.2, -0.15) is 10.2 Å². The molecule has 0 aliphatic carbocycles. The van der Waals surface area contributed by atoms with E-state index in [4.69, 9.17) is 19.5 Å². The quantitative estimate of drug-likeness (QED) is 0.685. The number of halogens is 2. The van der Waals surface area contributed by atoms with E-state index in [1.807, 2.05) is 20.8 Å². The van der Waals surface area contributed by atoms with E-state index in [9.17, 15) is 13.6 Å². The summed E-state index contributed by atoms with van der Waals surface area (Å²) in [6, 6.07) is 4.74. The number of ether oxygens (including phenoxy) is 3. The fourth-order valence-electron chi connectivity index (χ4n) is 3.04. The number of piperidine rings is 1. The van der Waals surface area contributed by atoms with Crippen LogP contribution < -0.4 is 9.47 Å². The van der Waals surface area contributed by atoms with Crippen LogP contribution in [0.5, 0.6) is 11.6 Å². The van der Waals surface area contributed by atoms with Crippen LogP contribution in [0.25, 0.3) is 0 Å². The summed E-state index contributed by atoms with van der Waals surface area (Å²) in [6.07, 6.45) is 2.23. The molecular weight excluding hydrogens is 422 g/mol. The maximum atomic E-state index is 13.9. The first-order valence-corrected chi connectivity index (χ1v) is 10.1. The number of hydrogen-bond acceptors (Lipinski definition) is 7. The van der Waals surface area contributed by atoms with Gasteiger partial charge in [-0.05, 0) is 26.8 Å². The molecule has 0 saturated carbocycles. The first kappa shape index (κ1) is 23.2. The van der Waals surface area contributed by atoms with Crippen molar-refractivity contribution in [2.45, 2.75) is 51.9 Å². The van der Waals surface area contributed by atoms with E-state index in [0.717, 1.165) is 12.1 Å². The first-order valence-electron chi connectivity index (χ1n) is 10.1. The summed E-state index contributed by atoms with van der Waals surface area (Å²) in [6.45, 7) is 6.26. The molecule has 2 heterocycles. The number of nitrogens with zero attached hydrogens (tertiary/aromatic N) is 4. The van der Waals surface area contributed by atoms with Gasteiger partial charge in [0.25, 0.3) is 0 Å². The van der Waals surface area contributed by atoms with Crippen LogP contribution in [0.1, 0.15) is 45.0 Å². The van der Waals surface area contributed by atoms with Crippen molar-refractivity contribution in [1.29, 1.82) is 5.26 Å². The molecule has 1 saturated heterocycles. The Morgan fingerprint density at radius 1 is 1.25 bits per heavy atom. The average molecular weight is 446 g/mol. The zero-order valence-electron chi connectivity index (χ0n) is 18.1. The van der Waals surface area contributed by atoms with Crippen molar-refractivity contribution in [3.05, 3.63) is 47.4 Å². The van der Waals surface area contributed by atoms with Crippen LogP contribution in [0.4, 0.5) is 13.6 Å². The molecule has 0 bridgehead atoms. The van der Waals surface area contributed by atoms with E-state index in [0.29, 0.717) is 31.8 Å². The van der Waals surface area contributed by atoms with Crippen LogP contribution in [0.15, 0.2) is 24.4 Å². The second-order valence-corrected chi connectivity index (χ2v) is 8.26. The van der Waals surface area contributed by atoms with E-state index in [1.54, 1.807) is 17.0 Å². The number of carbonyl (C=O) groups excluding carboxylic acids is 1. The Morgan fingerprint density at radius 3 is 2.62 bits per heavy atom. The highest BCUT2D eigenvalue weighted by atomic mass is 19.1. The molecule has 0 N–H and O–H groups in total. The van der Waals surface area contributed by atoms with E-state index >= 15 is 0 Å². The van der Waals surface area contributed by atoms with Crippen molar-refractivity contribution in [2.24, 2.45) is 0 Å². The highest BCUT2D eigenvalue weighted by molar-refractivity contribution is 5.68. The van der Waals surface area contributed by atoms with Gasteiger partial charge < -0.3 is 19.1 Å². The molecule has 1 aliphatic heterocycles. The largest absolute Gasteiger partial charge is 0.482 e. The lowest BCUT2D eigenvalue weighted by molar-refractivity contribution is 0.0122. The van der Waals surface area contributed by atoms with Crippen molar-refractivity contribution >= 4 is 6.09 Å². The summed E-state index contributed by atoms with van der Waals surface area (Å²) in [5.41, 5.74) is -0.949. The second-order valence-electron chi connectivity index (χ2n) is 8.26. The minimum atomic E-state index is -0.875. The average Bonchev–Trinajstić information content (AvgIpc) is 2.73. The first-order chi connectivity index (χ1) is 15.1. The topological polar surface area (TPSA) is 97.6 Å². The number of rotatable bonds is 5. The molecule has 10 heteroatoms. The smallest absolute Gasteiger partial charge is 0.410 e. The molecule has 0 unspecified atom stereocenters. The Morgan fingerprint density at radius 2 is 1.97 bits per heavy atom. The van der Waals surface area contributed by atoms with Gasteiger partial charge in [0.15, 0.2) is 17.4 Å². The Bertz CT molecular complexity index is 1010. The maximum Gasteiger partial charge on any atom is 0.410 e. The third kappa shape index (κ3) is 6.26. The van der Waals surface area contributed by atoms with Crippen molar-refractivity contribution in [3.8, 4) is 17.7 Å². The number of hydrogen-bond donors (Lipinski definition) is 0. The molecule has 2 aromatic rings. The van der Waals surface area contributed by atoms with Gasteiger partial charge in [-0.1, -0.05) is 0 Å². The van der Waals surface area contributed by atoms with Crippen LogP contribution >= 0.6 is 0 Å². The molecule has 1 amide bonds. The highest BCUT2D eigenvalue weighted by Gasteiger charge is 2.27. The molecule has 0 spiro atoms. The maximum absolute atomic E-state index is 13.9. The minimum absolute atomic E-state index is 0.137. The lowest BCUT2D eigenvalue weighted by atomic mass is 10.1. The van der Waals surface area contributed by atoms with Gasteiger partial charge in [-0.25, -0.2) is 18.6 Å². The van der Waals surface area contributed by atoms with E-state index < -0.39 is 22.8 Å². The van der Waals surface area contributed by atoms with Crippen molar-refractivity contribution in [2.75, 3.05) is 13.1 Å². The molecule has 3 rings (SSSR count). The highest BCUT2D eigenvalue weighted by Crippen LogP contribution is 2.23. The van der Waals surface area contributed by atoms with Gasteiger partial charge in [0, 0.05) is 44.3 Å². The fraction of sp³-hybridized carbons (Fsp3) is 0.455. The molecule has 1 aliphatic rings. The predicted octanol–water partition coefficient (Wildman–Crippen LogP) is 3.98. The lowest BCUT2D eigenvalue weighted by Gasteiger charge is -2.33. The standard InChI is InChI=1S/C22H24F2N4O4/c1-22(2,3)32-21(29)28-8-5-15(6-9-28)31-20-4-7-26-19(27-20)13-30-18-11-16(23)14(12-25)10-17(18)24/h4,7,10-11,15H,5-6,8-9,13H2,1-3H3. The molecule has 1 aromatic heterocycles. The van der Waals surface area contributed by atoms with Crippen LogP contribution in [0, 0.1) is 23.0 Å². The molecule has 1 aromatic carbocycles. The summed E-state index contributed by atoms with van der Waals surface area (Å²) in [5.74, 6) is -1.53. The number of amides is 1. The zero-order chi connectivity index (χ0) is 23.3. The molecule has 0 radical (unpaired) electrons. The van der Waals surface area contributed by atoms with E-state index in [1.165, 1.54) is 6.20 Å². The van der Waals surface area contributed by atoms with Crippen LogP contribution in [0.2, 0.25) is 0 Å². The van der Waals surface area contributed by atoms with Gasteiger partial charge in [0.05, 0.1) is 5.56 Å². The van der Waals surface area contributed by atoms with Crippen molar-refractivity contribution in [3.63, 3.8) is 0 Å². The number of nitriles is 1. The Kier molecular flexibility index (Phi) is 7.08. The normalized spacial score (nSPS) is 14.6. The minimum Gasteiger partial charge on any atom is -0.482 e. The third-order valence-corrected chi connectivity index (χ3v) is 4.56. The Labute approximate surface area is 184 Å². The fourth-order valence-corrected chi connectivity index (χ4v) is 3.04. The van der Waals surface area contributed by atoms with Gasteiger partial charge in [0.2, 0.25) is 5.88 Å². The summed E-state index contributed by atoms with van der Waals surface area (Å²) in [7, 11) is 0. The van der Waals surface area contributed by atoms with E-state index in [-0.39, 0.29) is 30.4 Å². The van der Waals surface area contributed by atoms with Gasteiger partial charge in [-0.15, -0.1) is 0 Å². The SMILES string of the molecule is CC(C)(C)OC(=O)N1CCC(Oc2ccnc(COc3cc(F)c(C#N)cc3F)n2)CC1. The summed E-state index contributed by atoms with van der Waals surface area (Å²) < 4.78 is 44.2. The monoisotopic (exact) mass is 446 g/mol. The second kappa shape index (κ2) is 9.77. The number of likely N-dealkylation sites (tertiary alicyclic amines) is 1. The summed E-state index contributed by atoms with van der Waals surface area (Å²) in [4.78, 5) is 22.1. The van der Waals surface area contributed by atoms with Crippen molar-refractivity contribution in [1.82, 2.24) is 14.9 Å². The molecule has 170 valence electrons. The summed E-state index contributed by atoms with van der Waals surface area (Å²) in [5, 5.41) is 8.74. The Hall–Kier alpha value is -3.48. The summed E-state index contributed by atoms with van der Waals surface area (Å²) >= 11 is 0.